The quantitative estimate of drug-likeness (QED) is 0.365. The molecule has 0 spiro atoms. The zero-order valence-electron chi connectivity index (χ0n) is 17.2. The highest BCUT2D eigenvalue weighted by atomic mass is 35.5. The van der Waals surface area contributed by atoms with Crippen LogP contribution in [0.15, 0.2) is 42.0 Å². The number of aryl methyl sites for hydroxylation is 1. The largest absolute Gasteiger partial charge is 0.493 e. The van der Waals surface area contributed by atoms with E-state index in [1.807, 2.05) is 13.0 Å². The number of methoxy groups -OCH3 is 1. The zero-order valence-corrected chi connectivity index (χ0v) is 18.8. The van der Waals surface area contributed by atoms with E-state index in [1.165, 1.54) is 36.7 Å². The van der Waals surface area contributed by atoms with E-state index < -0.39 is 11.7 Å². The highest BCUT2D eigenvalue weighted by molar-refractivity contribution is 7.15. The lowest BCUT2D eigenvalue weighted by Crippen LogP contribution is -2.13. The van der Waals surface area contributed by atoms with Gasteiger partial charge in [-0.05, 0) is 42.3 Å². The van der Waals surface area contributed by atoms with Gasteiger partial charge in [-0.2, -0.15) is 5.26 Å². The van der Waals surface area contributed by atoms with Crippen molar-refractivity contribution in [2.45, 2.75) is 20.0 Å². The predicted octanol–water partition coefficient (Wildman–Crippen LogP) is 5.03. The van der Waals surface area contributed by atoms with E-state index >= 15 is 0 Å². The fourth-order valence-corrected chi connectivity index (χ4v) is 3.51. The SMILES string of the molecule is CCc1nnc(NC(=O)C(C#N)=Cc2ccc(OCc3ccc(F)cc3Cl)c(OC)c2)s1. The molecule has 0 aliphatic heterocycles. The van der Waals surface area contributed by atoms with E-state index in [0.29, 0.717) is 34.2 Å². The Bertz CT molecular complexity index is 1210. The van der Waals surface area contributed by atoms with Crippen LogP contribution in [0.2, 0.25) is 5.02 Å². The van der Waals surface area contributed by atoms with Gasteiger partial charge in [0.25, 0.3) is 5.91 Å². The monoisotopic (exact) mass is 472 g/mol. The number of carbonyl (C=O) groups is 1. The van der Waals surface area contributed by atoms with Crippen LogP contribution in [0.3, 0.4) is 0 Å². The second-order valence-corrected chi connectivity index (χ2v) is 7.88. The van der Waals surface area contributed by atoms with Crippen LogP contribution in [-0.2, 0) is 17.8 Å². The fraction of sp³-hybridized carbons (Fsp3) is 0.182. The van der Waals surface area contributed by atoms with Crippen LogP contribution in [0, 0.1) is 17.1 Å². The van der Waals surface area contributed by atoms with Crippen molar-refractivity contribution in [3.05, 3.63) is 68.9 Å². The molecular formula is C22H18ClFN4O3S. The number of carbonyl (C=O) groups excluding carboxylic acids is 1. The van der Waals surface area contributed by atoms with E-state index in [4.69, 9.17) is 21.1 Å². The van der Waals surface area contributed by atoms with Gasteiger partial charge in [0.15, 0.2) is 11.5 Å². The first-order chi connectivity index (χ1) is 15.4. The summed E-state index contributed by atoms with van der Waals surface area (Å²) < 4.78 is 24.3. The first kappa shape index (κ1) is 23.2. The first-order valence-electron chi connectivity index (χ1n) is 9.43. The molecule has 1 N–H and O–H groups in total. The Balaban J connectivity index is 1.74. The molecule has 0 aliphatic rings. The van der Waals surface area contributed by atoms with Crippen molar-refractivity contribution >= 4 is 40.1 Å². The highest BCUT2D eigenvalue weighted by Crippen LogP contribution is 2.30. The maximum Gasteiger partial charge on any atom is 0.268 e. The van der Waals surface area contributed by atoms with E-state index in [9.17, 15) is 14.4 Å². The van der Waals surface area contributed by atoms with E-state index in [0.717, 1.165) is 5.01 Å². The standard InChI is InChI=1S/C22H18ClFN4O3S/c1-3-20-27-28-22(32-20)26-21(29)15(11-25)8-13-4-7-18(19(9-13)30-2)31-12-14-5-6-16(24)10-17(14)23/h4-10H,3,12H2,1-2H3,(H,26,28,29). The molecule has 3 rings (SSSR count). The van der Waals surface area contributed by atoms with Gasteiger partial charge in [-0.1, -0.05) is 42.0 Å². The van der Waals surface area contributed by atoms with Crippen molar-refractivity contribution in [2.75, 3.05) is 12.4 Å². The van der Waals surface area contributed by atoms with Crippen LogP contribution in [0.25, 0.3) is 6.08 Å². The second-order valence-electron chi connectivity index (χ2n) is 6.41. The van der Waals surface area contributed by atoms with Gasteiger partial charge in [-0.3, -0.25) is 10.1 Å². The number of amides is 1. The maximum absolute atomic E-state index is 13.2. The minimum Gasteiger partial charge on any atom is -0.493 e. The molecule has 0 unspecified atom stereocenters. The summed E-state index contributed by atoms with van der Waals surface area (Å²) >= 11 is 7.28. The lowest BCUT2D eigenvalue weighted by molar-refractivity contribution is -0.112. The number of halogens is 2. The molecular weight excluding hydrogens is 455 g/mol. The number of nitrogens with one attached hydrogen (secondary N) is 1. The molecule has 0 radical (unpaired) electrons. The number of nitrogens with zero attached hydrogens (tertiary/aromatic N) is 3. The van der Waals surface area contributed by atoms with Gasteiger partial charge < -0.3 is 9.47 Å². The van der Waals surface area contributed by atoms with Gasteiger partial charge in [0.1, 0.15) is 29.1 Å². The minimum atomic E-state index is -0.587. The molecule has 2 aromatic carbocycles. The number of rotatable bonds is 8. The number of hydrogen-bond acceptors (Lipinski definition) is 7. The second kappa shape index (κ2) is 10.7. The third-order valence-electron chi connectivity index (χ3n) is 4.25. The summed E-state index contributed by atoms with van der Waals surface area (Å²) in [5, 5.41) is 21.2. The minimum absolute atomic E-state index is 0.105. The average molecular weight is 473 g/mol. The summed E-state index contributed by atoms with van der Waals surface area (Å²) in [5.74, 6) is -0.196. The average Bonchev–Trinajstić information content (AvgIpc) is 3.24. The number of aromatic nitrogens is 2. The topological polar surface area (TPSA) is 97.1 Å². The molecule has 0 saturated carbocycles. The first-order valence-corrected chi connectivity index (χ1v) is 10.6. The number of ether oxygens (including phenoxy) is 2. The van der Waals surface area contributed by atoms with Gasteiger partial charge in [-0.15, -0.1) is 10.2 Å². The molecule has 1 aromatic heterocycles. The molecule has 1 amide bonds. The van der Waals surface area contributed by atoms with Crippen molar-refractivity contribution in [3.63, 3.8) is 0 Å². The summed E-state index contributed by atoms with van der Waals surface area (Å²) in [6.45, 7) is 2.04. The summed E-state index contributed by atoms with van der Waals surface area (Å²) in [6.07, 6.45) is 2.14. The van der Waals surface area contributed by atoms with Crippen LogP contribution in [-0.4, -0.2) is 23.2 Å². The lowest BCUT2D eigenvalue weighted by atomic mass is 10.1. The molecule has 164 valence electrons. The Morgan fingerprint density at radius 1 is 1.28 bits per heavy atom. The Morgan fingerprint density at radius 2 is 2.09 bits per heavy atom. The lowest BCUT2D eigenvalue weighted by Gasteiger charge is -2.12. The molecule has 7 nitrogen and oxygen atoms in total. The number of anilines is 1. The van der Waals surface area contributed by atoms with Gasteiger partial charge in [-0.25, -0.2) is 4.39 Å². The van der Waals surface area contributed by atoms with Gasteiger partial charge in [0.2, 0.25) is 5.13 Å². The third kappa shape index (κ3) is 5.81. The maximum atomic E-state index is 13.2. The van der Waals surface area contributed by atoms with Crippen LogP contribution >= 0.6 is 22.9 Å². The summed E-state index contributed by atoms with van der Waals surface area (Å²) in [5.41, 5.74) is 1.07. The van der Waals surface area contributed by atoms with Crippen LogP contribution in [0.1, 0.15) is 23.1 Å². The Morgan fingerprint density at radius 3 is 2.75 bits per heavy atom. The fourth-order valence-electron chi connectivity index (χ4n) is 2.61. The summed E-state index contributed by atoms with van der Waals surface area (Å²) in [6, 6.07) is 10.9. The molecule has 0 atom stereocenters. The number of benzene rings is 2. The predicted molar refractivity (Wildman–Crippen MR) is 120 cm³/mol. The smallest absolute Gasteiger partial charge is 0.268 e. The molecule has 10 heteroatoms. The molecule has 0 saturated heterocycles. The van der Waals surface area contributed by atoms with Gasteiger partial charge in [0, 0.05) is 5.56 Å². The Kier molecular flexibility index (Phi) is 7.76. The normalized spacial score (nSPS) is 11.0. The van der Waals surface area contributed by atoms with E-state index in [1.54, 1.807) is 24.3 Å². The Labute approximate surface area is 193 Å². The van der Waals surface area contributed by atoms with Crippen molar-refractivity contribution in [2.24, 2.45) is 0 Å². The van der Waals surface area contributed by atoms with Crippen LogP contribution < -0.4 is 14.8 Å². The molecule has 0 aliphatic carbocycles. The van der Waals surface area contributed by atoms with Crippen molar-refractivity contribution in [1.29, 1.82) is 5.26 Å². The number of hydrogen-bond donors (Lipinski definition) is 1. The Hall–Kier alpha value is -3.48. The van der Waals surface area contributed by atoms with Crippen molar-refractivity contribution in [1.82, 2.24) is 10.2 Å². The van der Waals surface area contributed by atoms with Crippen molar-refractivity contribution < 1.29 is 18.7 Å². The molecule has 1 heterocycles. The van der Waals surface area contributed by atoms with Gasteiger partial charge in [0.05, 0.1) is 12.1 Å². The highest BCUT2D eigenvalue weighted by Gasteiger charge is 2.14. The molecule has 32 heavy (non-hydrogen) atoms. The molecule has 0 fully saturated rings. The van der Waals surface area contributed by atoms with E-state index in [2.05, 4.69) is 15.5 Å². The van der Waals surface area contributed by atoms with Crippen LogP contribution in [0.5, 0.6) is 11.5 Å². The van der Waals surface area contributed by atoms with Gasteiger partial charge >= 0.3 is 0 Å². The zero-order chi connectivity index (χ0) is 23.1. The molecule has 3 aromatic rings. The third-order valence-corrected chi connectivity index (χ3v) is 5.59. The molecule has 0 bridgehead atoms. The summed E-state index contributed by atoms with van der Waals surface area (Å²) in [4.78, 5) is 12.4. The van der Waals surface area contributed by atoms with Crippen LogP contribution in [0.4, 0.5) is 9.52 Å². The number of nitriles is 1. The van der Waals surface area contributed by atoms with E-state index in [-0.39, 0.29) is 17.2 Å². The summed E-state index contributed by atoms with van der Waals surface area (Å²) in [7, 11) is 1.47. The van der Waals surface area contributed by atoms with Crippen molar-refractivity contribution in [3.8, 4) is 17.6 Å².